The molecule has 139 heavy (non-hydrogen) atoms. The summed E-state index contributed by atoms with van der Waals surface area (Å²) in [5, 5.41) is 6.12. The van der Waals surface area contributed by atoms with E-state index in [2.05, 4.69) is 54.9 Å². The molecule has 1 N–H and O–H groups in total. The van der Waals surface area contributed by atoms with Crippen molar-refractivity contribution in [1.82, 2.24) is 14.5 Å². The van der Waals surface area contributed by atoms with Gasteiger partial charge in [-0.25, -0.2) is 26.4 Å². The Bertz CT molecular complexity index is 6870. The van der Waals surface area contributed by atoms with Crippen LogP contribution in [0.3, 0.4) is 0 Å². The Kier molecular flexibility index (Phi) is 31.1. The minimum Gasteiger partial charge on any atom is -0.490 e. The first-order valence-corrected chi connectivity index (χ1v) is 49.4. The van der Waals surface area contributed by atoms with Crippen molar-refractivity contribution in [3.05, 3.63) is 365 Å². The van der Waals surface area contributed by atoms with Gasteiger partial charge < -0.3 is 57.5 Å². The molecule has 7 aromatic carbocycles. The number of anilines is 5. The first-order valence-electron chi connectivity index (χ1n) is 45.7. The van der Waals surface area contributed by atoms with Gasteiger partial charge in [0.05, 0.1) is 53.5 Å². The number of methoxy groups -OCH3 is 1. The smallest absolute Gasteiger partial charge is 0.348 e. The number of ether oxygens (including phenoxy) is 8. The molecule has 716 valence electrons. The number of allylic oxidation sites excluding steroid dienone is 21. The number of fused-ring (bicyclic) bond motifs is 2. The molecule has 2 saturated heterocycles. The third-order valence-electron chi connectivity index (χ3n) is 24.0. The first kappa shape index (κ1) is 98.8. The van der Waals surface area contributed by atoms with Gasteiger partial charge in [0.1, 0.15) is 80.2 Å². The van der Waals surface area contributed by atoms with Gasteiger partial charge in [0.2, 0.25) is 31.4 Å². The highest BCUT2D eigenvalue weighted by atomic mass is 32.2. The van der Waals surface area contributed by atoms with Crippen LogP contribution >= 0.6 is 12.2 Å². The van der Waals surface area contributed by atoms with Crippen molar-refractivity contribution in [2.24, 2.45) is 5.10 Å². The first-order chi connectivity index (χ1) is 66.8. The molecule has 11 aliphatic heterocycles. The molecule has 0 aliphatic carbocycles. The number of ketones is 2. The van der Waals surface area contributed by atoms with Crippen molar-refractivity contribution in [1.29, 1.82) is 0 Å². The number of sulfonamides is 1. The van der Waals surface area contributed by atoms with Crippen LogP contribution in [-0.4, -0.2) is 187 Å². The molecule has 0 radical (unpaired) electrons. The lowest BCUT2D eigenvalue weighted by atomic mass is 9.90. The summed E-state index contributed by atoms with van der Waals surface area (Å²) in [4.78, 5) is 88.9. The number of amides is 3. The summed E-state index contributed by atoms with van der Waals surface area (Å²) in [6.07, 6.45) is 34.5. The zero-order chi connectivity index (χ0) is 98.5. The number of likely N-dealkylation sites (N-methyl/N-ethyl adjacent to an activating group) is 3. The lowest BCUT2D eigenvalue weighted by Gasteiger charge is -2.37. The van der Waals surface area contributed by atoms with Crippen molar-refractivity contribution in [3.63, 3.8) is 0 Å². The predicted octanol–water partition coefficient (Wildman–Crippen LogP) is 17.3. The molecule has 0 saturated carbocycles. The highest BCUT2D eigenvalue weighted by Crippen LogP contribution is 2.42. The Morgan fingerprint density at radius 3 is 1.59 bits per heavy atom. The van der Waals surface area contributed by atoms with E-state index in [0.29, 0.717) is 124 Å². The normalized spacial score (nSPS) is 19.4. The summed E-state index contributed by atoms with van der Waals surface area (Å²) in [6, 6.07) is 49.0. The number of benzene rings is 7. The summed E-state index contributed by atoms with van der Waals surface area (Å²) in [6.45, 7) is 18.9. The molecule has 30 heteroatoms. The fourth-order valence-electron chi connectivity index (χ4n) is 17.3. The fourth-order valence-corrected chi connectivity index (χ4v) is 19.6. The van der Waals surface area contributed by atoms with E-state index in [0.717, 1.165) is 97.7 Å². The summed E-state index contributed by atoms with van der Waals surface area (Å²) >= 11 is 5.19. The molecular formula is C109H109N9O18S3. The number of sulfone groups is 1. The van der Waals surface area contributed by atoms with Gasteiger partial charge in [0, 0.05) is 127 Å². The van der Waals surface area contributed by atoms with Crippen LogP contribution in [0.15, 0.2) is 331 Å². The van der Waals surface area contributed by atoms with Crippen molar-refractivity contribution in [3.8, 4) is 11.5 Å². The maximum atomic E-state index is 13.4. The number of rotatable bonds is 21. The van der Waals surface area contributed by atoms with E-state index in [1.54, 1.807) is 120 Å². The average Bonchev–Trinajstić information content (AvgIpc) is 1.59. The summed E-state index contributed by atoms with van der Waals surface area (Å²) in [5.41, 5.74) is 16.1. The van der Waals surface area contributed by atoms with E-state index in [9.17, 15) is 45.6 Å². The molecule has 7 aromatic rings. The third kappa shape index (κ3) is 23.4. The van der Waals surface area contributed by atoms with Crippen molar-refractivity contribution in [2.45, 2.75) is 72.1 Å². The summed E-state index contributed by atoms with van der Waals surface area (Å²) in [7, 11) is 1.60. The van der Waals surface area contributed by atoms with Gasteiger partial charge in [-0.1, -0.05) is 85.0 Å². The number of hydrazone groups is 1. The number of para-hydroxylation sites is 2. The Morgan fingerprint density at radius 1 is 0.518 bits per heavy atom. The minimum absolute atomic E-state index is 0.0112. The summed E-state index contributed by atoms with van der Waals surface area (Å²) in [5.74, 6) is 2.98. The Morgan fingerprint density at radius 2 is 1.03 bits per heavy atom. The van der Waals surface area contributed by atoms with E-state index >= 15 is 0 Å². The fraction of sp³-hybridized carbons (Fsp3) is 0.248. The average molecular weight is 1930 g/mol. The second-order valence-corrected chi connectivity index (χ2v) is 38.3. The zero-order valence-electron chi connectivity index (χ0n) is 79.5. The molecule has 0 bridgehead atoms. The number of aryl methyl sites for hydroxylation is 2. The molecule has 0 unspecified atom stereocenters. The molecular weight excluding hydrogens is 1820 g/mol. The number of carbonyl (C=O) groups excluding carboxylic acids is 6. The molecule has 27 nitrogen and oxygen atoms in total. The molecule has 18 rings (SSSR count). The summed E-state index contributed by atoms with van der Waals surface area (Å²) < 4.78 is 96.9. The topological polar surface area (TPSA) is 292 Å². The second-order valence-electron chi connectivity index (χ2n) is 34.3. The van der Waals surface area contributed by atoms with Crippen LogP contribution in [0.5, 0.6) is 11.5 Å². The minimum atomic E-state index is -3.87. The highest BCUT2D eigenvalue weighted by Gasteiger charge is 2.42. The molecule has 3 amide bonds. The monoisotopic (exact) mass is 1930 g/mol. The Balaban J connectivity index is 0.000000142. The van der Waals surface area contributed by atoms with Crippen LogP contribution in [0.1, 0.15) is 108 Å². The number of carbonyl (C=O) groups is 6. The van der Waals surface area contributed by atoms with E-state index < -0.39 is 43.4 Å². The Hall–Kier alpha value is -14.7. The quantitative estimate of drug-likeness (QED) is 0.0175. The van der Waals surface area contributed by atoms with Gasteiger partial charge in [0.15, 0.2) is 5.11 Å². The van der Waals surface area contributed by atoms with E-state index in [1.165, 1.54) is 56.2 Å². The molecule has 11 heterocycles. The van der Waals surface area contributed by atoms with E-state index in [4.69, 9.17) is 50.1 Å². The van der Waals surface area contributed by atoms with Gasteiger partial charge in [-0.2, -0.15) is 10.1 Å². The van der Waals surface area contributed by atoms with Crippen molar-refractivity contribution < 1.29 is 83.5 Å². The number of Topliss-reactive ketones (excluding diaryl/α,β-unsaturated/α-hetero) is 2. The SMILES string of the molecule is CC1=C/C(=C2\C(=O)Oc3ccccc3C2=O)C=C(C=Cc2ccc(N3CCOCC3)cc2)O1.CC1=C/C(=C2\C(=O)c3ccccc3S2(=O)=O)C=C(C=Cc2ccc(N(C)C)cc2)O1.CC1=CC(=C2C(=O)N(C)C(=S)N(C)C2=O)C=C(C=Cc2cc3c4c(c2)CCCN4CCC3)O1.CCN(CCNS(C)(=O)=O)c1ccc(C=CC2=C/C(=C3/C(=O)N(c4ccccc4)N=C3C)C=C(C)O2)c(OCCOC)c1. The molecule has 2 fully saturated rings. The largest absolute Gasteiger partial charge is 0.490 e. The second kappa shape index (κ2) is 43.8. The lowest BCUT2D eigenvalue weighted by molar-refractivity contribution is -0.133. The maximum absolute atomic E-state index is 13.4. The number of morpholine rings is 1. The van der Waals surface area contributed by atoms with Crippen LogP contribution in [0.4, 0.5) is 28.4 Å². The van der Waals surface area contributed by atoms with E-state index in [1.807, 2.05) is 180 Å². The molecule has 11 aliphatic rings. The number of hydrogen-bond acceptors (Lipinski definition) is 24. The number of esters is 1. The molecule has 0 spiro atoms. The van der Waals surface area contributed by atoms with Gasteiger partial charge in [-0.15, -0.1) is 0 Å². The van der Waals surface area contributed by atoms with Crippen LogP contribution in [0.2, 0.25) is 0 Å². The molecule has 0 atom stereocenters. The van der Waals surface area contributed by atoms with Crippen molar-refractivity contribution in [2.75, 3.05) is 138 Å². The van der Waals surface area contributed by atoms with Crippen molar-refractivity contribution >= 4 is 131 Å². The number of hydrogen-bond donors (Lipinski definition) is 1. The zero-order valence-corrected chi connectivity index (χ0v) is 82.0. The third-order valence-corrected chi connectivity index (χ3v) is 27.1. The standard InChI is InChI=1S/C32H38N4O6S.C27H23NO5.C26H27N3O3S.C24H21NO4S/c1-6-35(17-16-33-43(5,38)39)28-14-12-25(30(22-28)41-19-18-40-4)13-15-29-21-26(20-23(2)42-29)31-24(3)34-36(32(31)37)27-10-8-7-9-11-27;1-18-16-20(25-26(29)23-4-2-3-5-24(23)33-27(25)30)17-22(32-18)11-8-19-6-9-21(10-7-19)28-12-14-31-15-13-28;1-16-12-20(22-24(30)27(2)26(33)28(3)25(22)31)15-21(32-16)9-8-17-13-18-6-4-10-29-11-5-7-19(14-17)23(18)29;1-16-14-18(24-23(26)21-6-4-5-7-22(21)30(24,27)28)15-20(29-16)13-10-17-8-11-19(12-9-17)25(2)3/h7-15,20-22,33H,6,16-19H2,1-5H3;2-11,16-17H,12-15H2,1H3;8-9,12-15H,4-7,10-11H2,1-3H3;4-15H,1-3H3/b15-13?,31-26+;11-8?,25-20+;;13-10?,24-18-. The Labute approximate surface area is 816 Å². The van der Waals surface area contributed by atoms with Crippen LogP contribution in [-0.2, 0) is 80.3 Å². The van der Waals surface area contributed by atoms with Crippen LogP contribution < -0.4 is 38.8 Å². The van der Waals surface area contributed by atoms with Gasteiger partial charge in [-0.3, -0.25) is 33.8 Å². The highest BCUT2D eigenvalue weighted by molar-refractivity contribution is 7.97. The number of thiocarbonyl (C=S) groups is 1. The van der Waals surface area contributed by atoms with Crippen LogP contribution in [0.25, 0.3) is 24.3 Å². The van der Waals surface area contributed by atoms with Gasteiger partial charge in [0.25, 0.3) is 17.7 Å². The van der Waals surface area contributed by atoms with E-state index in [-0.39, 0.29) is 49.1 Å². The van der Waals surface area contributed by atoms with Gasteiger partial charge >= 0.3 is 5.97 Å². The predicted molar refractivity (Wildman–Crippen MR) is 546 cm³/mol. The number of nitrogens with one attached hydrogen (secondary N) is 1. The number of nitrogens with zero attached hydrogens (tertiary/aromatic N) is 8. The maximum Gasteiger partial charge on any atom is 0.348 e. The lowest BCUT2D eigenvalue weighted by Crippen LogP contribution is -2.53. The molecule has 0 aromatic heterocycles. The van der Waals surface area contributed by atoms with Gasteiger partial charge in [-0.05, 0) is 288 Å². The van der Waals surface area contributed by atoms with Crippen LogP contribution in [0, 0.1) is 0 Å².